The zero-order chi connectivity index (χ0) is 18.4. The number of rotatable bonds is 5. The van der Waals surface area contributed by atoms with Gasteiger partial charge in [0.15, 0.2) is 5.11 Å². The third-order valence-corrected chi connectivity index (χ3v) is 4.16. The minimum Gasteiger partial charge on any atom is -0.332 e. The molecule has 0 heterocycles. The number of nitrogens with one attached hydrogen (secondary N) is 2. The maximum Gasteiger partial charge on any atom is 0.274 e. The van der Waals surface area contributed by atoms with Crippen LogP contribution in [-0.4, -0.2) is 15.9 Å². The lowest BCUT2D eigenvalue weighted by atomic mass is 10.1. The number of thiocarbonyl (C=S) groups is 1. The van der Waals surface area contributed by atoms with Crippen LogP contribution in [0, 0.1) is 17.0 Å². The molecule has 25 heavy (non-hydrogen) atoms. The Morgan fingerprint density at radius 3 is 2.64 bits per heavy atom. The predicted molar refractivity (Wildman–Crippen MR) is 102 cm³/mol. The van der Waals surface area contributed by atoms with Crippen molar-refractivity contribution in [2.24, 2.45) is 0 Å². The normalized spacial score (nSPS) is 10.2. The van der Waals surface area contributed by atoms with Gasteiger partial charge in [0.25, 0.3) is 5.69 Å². The number of nitro groups is 1. The molecule has 0 unspecified atom stereocenters. The number of halogens is 1. The van der Waals surface area contributed by atoms with E-state index < -0.39 is 4.92 Å². The van der Waals surface area contributed by atoms with Gasteiger partial charge in [0, 0.05) is 17.5 Å². The van der Waals surface area contributed by atoms with Crippen molar-refractivity contribution >= 4 is 46.2 Å². The van der Waals surface area contributed by atoms with Gasteiger partial charge in [0.2, 0.25) is 5.91 Å². The van der Waals surface area contributed by atoms with Crippen LogP contribution < -0.4 is 10.6 Å². The standard InChI is InChI=1S/C17H16ClN3O3S/c1-11-14(7-4-8-15(11)21(23)24)19-17(25)20-16(22)10-9-12-5-2-3-6-13(12)18/h2-8H,9-10H2,1H3,(H2,19,20,22,25). The molecule has 0 aliphatic heterocycles. The lowest BCUT2D eigenvalue weighted by molar-refractivity contribution is -0.385. The van der Waals surface area contributed by atoms with Crippen LogP contribution in [0.2, 0.25) is 5.02 Å². The van der Waals surface area contributed by atoms with E-state index in [0.29, 0.717) is 22.7 Å². The summed E-state index contributed by atoms with van der Waals surface area (Å²) in [6.45, 7) is 1.61. The Labute approximate surface area is 155 Å². The van der Waals surface area contributed by atoms with E-state index in [-0.39, 0.29) is 23.1 Å². The van der Waals surface area contributed by atoms with E-state index in [1.165, 1.54) is 6.07 Å². The summed E-state index contributed by atoms with van der Waals surface area (Å²) in [4.78, 5) is 22.5. The first kappa shape index (κ1) is 18.8. The molecule has 0 aromatic heterocycles. The molecule has 130 valence electrons. The molecular weight excluding hydrogens is 362 g/mol. The van der Waals surface area contributed by atoms with E-state index in [1.807, 2.05) is 18.2 Å². The molecule has 6 nitrogen and oxygen atoms in total. The Balaban J connectivity index is 1.92. The highest BCUT2D eigenvalue weighted by Crippen LogP contribution is 2.24. The number of anilines is 1. The Morgan fingerprint density at radius 1 is 1.24 bits per heavy atom. The fourth-order valence-electron chi connectivity index (χ4n) is 2.25. The summed E-state index contributed by atoms with van der Waals surface area (Å²) in [6, 6.07) is 11.9. The SMILES string of the molecule is Cc1c(NC(=S)NC(=O)CCc2ccccc2Cl)cccc1[N+](=O)[O-]. The molecule has 2 aromatic rings. The molecule has 0 aliphatic carbocycles. The van der Waals surface area contributed by atoms with Crippen LogP contribution in [0.15, 0.2) is 42.5 Å². The van der Waals surface area contributed by atoms with Crippen molar-refractivity contribution in [3.8, 4) is 0 Å². The van der Waals surface area contributed by atoms with E-state index >= 15 is 0 Å². The molecule has 1 amide bonds. The second-order valence-electron chi connectivity index (χ2n) is 5.30. The van der Waals surface area contributed by atoms with Gasteiger partial charge in [-0.15, -0.1) is 0 Å². The second kappa shape index (κ2) is 8.55. The summed E-state index contributed by atoms with van der Waals surface area (Å²) in [7, 11) is 0. The lowest BCUT2D eigenvalue weighted by Gasteiger charge is -2.12. The monoisotopic (exact) mass is 377 g/mol. The smallest absolute Gasteiger partial charge is 0.274 e. The number of carbonyl (C=O) groups is 1. The van der Waals surface area contributed by atoms with Crippen LogP contribution in [0.1, 0.15) is 17.5 Å². The molecule has 0 radical (unpaired) electrons. The summed E-state index contributed by atoms with van der Waals surface area (Å²) in [5.74, 6) is -0.263. The summed E-state index contributed by atoms with van der Waals surface area (Å²) in [5, 5.41) is 17.0. The Kier molecular flexibility index (Phi) is 6.44. The van der Waals surface area contributed by atoms with Gasteiger partial charge >= 0.3 is 0 Å². The Bertz CT molecular complexity index is 827. The molecular formula is C17H16ClN3O3S. The zero-order valence-electron chi connectivity index (χ0n) is 13.4. The van der Waals surface area contributed by atoms with Crippen LogP contribution in [-0.2, 0) is 11.2 Å². The fraction of sp³-hybridized carbons (Fsp3) is 0.176. The van der Waals surface area contributed by atoms with Gasteiger partial charge in [0.05, 0.1) is 16.2 Å². The Hall–Kier alpha value is -2.51. The average Bonchev–Trinajstić information content (AvgIpc) is 2.55. The maximum atomic E-state index is 12.0. The molecule has 0 fully saturated rings. The van der Waals surface area contributed by atoms with Crippen LogP contribution in [0.3, 0.4) is 0 Å². The number of aryl methyl sites for hydroxylation is 1. The van der Waals surface area contributed by atoms with Crippen LogP contribution in [0.5, 0.6) is 0 Å². The van der Waals surface area contributed by atoms with E-state index in [1.54, 1.807) is 25.1 Å². The van der Waals surface area contributed by atoms with E-state index in [4.69, 9.17) is 23.8 Å². The molecule has 0 spiro atoms. The number of benzene rings is 2. The van der Waals surface area contributed by atoms with Crippen LogP contribution in [0.4, 0.5) is 11.4 Å². The highest BCUT2D eigenvalue weighted by atomic mass is 35.5. The zero-order valence-corrected chi connectivity index (χ0v) is 15.0. The number of nitrogens with zero attached hydrogens (tertiary/aromatic N) is 1. The van der Waals surface area contributed by atoms with Crippen LogP contribution in [0.25, 0.3) is 0 Å². The number of amides is 1. The van der Waals surface area contributed by atoms with Crippen molar-refractivity contribution in [2.75, 3.05) is 5.32 Å². The molecule has 2 aromatic carbocycles. The van der Waals surface area contributed by atoms with Gasteiger partial charge in [-0.05, 0) is 43.3 Å². The molecule has 2 rings (SSSR count). The lowest BCUT2D eigenvalue weighted by Crippen LogP contribution is -2.34. The van der Waals surface area contributed by atoms with E-state index in [0.717, 1.165) is 5.56 Å². The fourth-order valence-corrected chi connectivity index (χ4v) is 2.70. The van der Waals surface area contributed by atoms with Crippen molar-refractivity contribution < 1.29 is 9.72 Å². The van der Waals surface area contributed by atoms with Gasteiger partial charge in [-0.2, -0.15) is 0 Å². The molecule has 0 atom stereocenters. The largest absolute Gasteiger partial charge is 0.332 e. The van der Waals surface area contributed by atoms with Crippen molar-refractivity contribution in [1.29, 1.82) is 0 Å². The Morgan fingerprint density at radius 2 is 1.96 bits per heavy atom. The number of nitro benzene ring substituents is 1. The molecule has 0 saturated carbocycles. The number of hydrogen-bond acceptors (Lipinski definition) is 4. The van der Waals surface area contributed by atoms with Gasteiger partial charge < -0.3 is 10.6 Å². The highest BCUT2D eigenvalue weighted by Gasteiger charge is 2.14. The second-order valence-corrected chi connectivity index (χ2v) is 6.12. The molecule has 0 saturated heterocycles. The van der Waals surface area contributed by atoms with Gasteiger partial charge in [-0.3, -0.25) is 14.9 Å². The van der Waals surface area contributed by atoms with Crippen molar-refractivity contribution in [3.05, 3.63) is 68.7 Å². The quantitative estimate of drug-likeness (QED) is 0.467. The summed E-state index contributed by atoms with van der Waals surface area (Å²) >= 11 is 11.2. The molecule has 8 heteroatoms. The van der Waals surface area contributed by atoms with Gasteiger partial charge in [0.1, 0.15) is 0 Å². The first-order valence-electron chi connectivity index (χ1n) is 7.46. The molecule has 0 bridgehead atoms. The molecule has 2 N–H and O–H groups in total. The minimum absolute atomic E-state index is 0.0159. The van der Waals surface area contributed by atoms with Gasteiger partial charge in [-0.25, -0.2) is 0 Å². The minimum atomic E-state index is -0.467. The van der Waals surface area contributed by atoms with E-state index in [9.17, 15) is 14.9 Å². The van der Waals surface area contributed by atoms with Crippen molar-refractivity contribution in [2.45, 2.75) is 19.8 Å². The third-order valence-electron chi connectivity index (χ3n) is 3.58. The summed E-state index contributed by atoms with van der Waals surface area (Å²) in [5.41, 5.74) is 1.79. The van der Waals surface area contributed by atoms with Crippen molar-refractivity contribution in [1.82, 2.24) is 5.32 Å². The topological polar surface area (TPSA) is 84.3 Å². The average molecular weight is 378 g/mol. The third kappa shape index (κ3) is 5.23. The highest BCUT2D eigenvalue weighted by molar-refractivity contribution is 7.80. The predicted octanol–water partition coefficient (Wildman–Crippen LogP) is 4.00. The van der Waals surface area contributed by atoms with Crippen LogP contribution >= 0.6 is 23.8 Å². The molecule has 0 aliphatic rings. The number of carbonyl (C=O) groups excluding carboxylic acids is 1. The summed E-state index contributed by atoms with van der Waals surface area (Å²) in [6.07, 6.45) is 0.712. The van der Waals surface area contributed by atoms with Crippen molar-refractivity contribution in [3.63, 3.8) is 0 Å². The first-order valence-corrected chi connectivity index (χ1v) is 8.25. The summed E-state index contributed by atoms with van der Waals surface area (Å²) < 4.78 is 0. The van der Waals surface area contributed by atoms with Gasteiger partial charge in [-0.1, -0.05) is 35.9 Å². The number of hydrogen-bond donors (Lipinski definition) is 2. The van der Waals surface area contributed by atoms with E-state index in [2.05, 4.69) is 10.6 Å². The first-order chi connectivity index (χ1) is 11.9. The maximum absolute atomic E-state index is 12.0.